The smallest absolute Gasteiger partial charge is 0.200 e. The van der Waals surface area contributed by atoms with Gasteiger partial charge in [-0.15, -0.1) is 0 Å². The van der Waals surface area contributed by atoms with Gasteiger partial charge in [0.2, 0.25) is 5.82 Å². The zero-order valence-electron chi connectivity index (χ0n) is 23.9. The lowest BCUT2D eigenvalue weighted by Crippen LogP contribution is -2.31. The first-order chi connectivity index (χ1) is 18.1. The molecule has 3 aliphatic carbocycles. The van der Waals surface area contributed by atoms with Crippen LogP contribution in [-0.2, 0) is 0 Å². The molecule has 3 fully saturated rings. The van der Waals surface area contributed by atoms with E-state index in [0.29, 0.717) is 18.1 Å². The molecule has 37 heavy (non-hydrogen) atoms. The van der Waals surface area contributed by atoms with Crippen LogP contribution < -0.4 is 4.74 Å². The van der Waals surface area contributed by atoms with Crippen molar-refractivity contribution in [1.82, 2.24) is 0 Å². The van der Waals surface area contributed by atoms with Gasteiger partial charge in [0.1, 0.15) is 0 Å². The van der Waals surface area contributed by atoms with Gasteiger partial charge in [-0.3, -0.25) is 0 Å². The second kappa shape index (κ2) is 14.9. The van der Waals surface area contributed by atoms with Crippen LogP contribution in [0.1, 0.15) is 147 Å². The molecule has 1 aromatic carbocycles. The molecule has 4 rings (SSSR count). The van der Waals surface area contributed by atoms with E-state index in [-0.39, 0.29) is 11.7 Å². The highest BCUT2D eigenvalue weighted by molar-refractivity contribution is 5.33. The lowest BCUT2D eigenvalue weighted by atomic mass is 9.63. The third kappa shape index (κ3) is 8.18. The van der Waals surface area contributed by atoms with Gasteiger partial charge >= 0.3 is 0 Å². The van der Waals surface area contributed by atoms with Gasteiger partial charge in [-0.2, -0.15) is 4.39 Å². The predicted molar refractivity (Wildman–Crippen MR) is 151 cm³/mol. The minimum absolute atomic E-state index is 0.0631. The monoisotopic (exact) mass is 516 g/mol. The summed E-state index contributed by atoms with van der Waals surface area (Å²) in [5, 5.41) is 0. The Kier molecular flexibility index (Phi) is 11.6. The summed E-state index contributed by atoms with van der Waals surface area (Å²) in [5.41, 5.74) is 0.582. The Bertz CT molecular complexity index is 799. The zero-order chi connectivity index (χ0) is 26.0. The first-order valence-corrected chi connectivity index (χ1v) is 16.2. The van der Waals surface area contributed by atoms with Gasteiger partial charge in [-0.05, 0) is 85.7 Å². The molecule has 0 bridgehead atoms. The Morgan fingerprint density at radius 3 is 2.05 bits per heavy atom. The van der Waals surface area contributed by atoms with Crippen LogP contribution in [0.5, 0.6) is 5.75 Å². The van der Waals surface area contributed by atoms with Crippen LogP contribution in [0.3, 0.4) is 0 Å². The van der Waals surface area contributed by atoms with Gasteiger partial charge < -0.3 is 4.74 Å². The standard InChI is InChI=1S/C34H54F2O/c1-3-5-6-7-8-9-25-10-12-26(13-11-25)14-15-27-16-17-29-24-30(19-18-28(29)23-27)31-20-21-32(37-22-4-2)34(36)33(31)35/h20-21,25-30H,3-19,22-24H2,1-2H3. The predicted octanol–water partition coefficient (Wildman–Crippen LogP) is 11.0. The number of benzene rings is 1. The van der Waals surface area contributed by atoms with Crippen LogP contribution in [0.25, 0.3) is 0 Å². The lowest BCUT2D eigenvalue weighted by Gasteiger charge is -2.43. The minimum atomic E-state index is -0.794. The molecule has 3 saturated carbocycles. The Labute approximate surface area is 226 Å². The van der Waals surface area contributed by atoms with E-state index in [0.717, 1.165) is 42.9 Å². The zero-order valence-corrected chi connectivity index (χ0v) is 23.9. The Balaban J connectivity index is 1.16. The molecular weight excluding hydrogens is 462 g/mol. The van der Waals surface area contributed by atoms with E-state index in [9.17, 15) is 8.78 Å². The average Bonchev–Trinajstić information content (AvgIpc) is 2.93. The van der Waals surface area contributed by atoms with E-state index in [1.54, 1.807) is 12.1 Å². The van der Waals surface area contributed by atoms with Crippen LogP contribution in [0.4, 0.5) is 8.78 Å². The Morgan fingerprint density at radius 2 is 1.30 bits per heavy atom. The summed E-state index contributed by atoms with van der Waals surface area (Å²) in [4.78, 5) is 0. The molecule has 0 heterocycles. The molecule has 0 N–H and O–H groups in total. The molecule has 0 amide bonds. The van der Waals surface area contributed by atoms with Crippen molar-refractivity contribution in [3.8, 4) is 5.75 Å². The number of rotatable bonds is 13. The average molecular weight is 517 g/mol. The molecule has 4 atom stereocenters. The molecule has 0 aromatic heterocycles. The minimum Gasteiger partial charge on any atom is -0.490 e. The van der Waals surface area contributed by atoms with Crippen molar-refractivity contribution in [2.75, 3.05) is 6.61 Å². The molecule has 210 valence electrons. The van der Waals surface area contributed by atoms with Crippen molar-refractivity contribution in [2.24, 2.45) is 29.6 Å². The maximum Gasteiger partial charge on any atom is 0.200 e. The number of hydrogen-bond acceptors (Lipinski definition) is 1. The molecule has 1 aromatic rings. The van der Waals surface area contributed by atoms with Crippen molar-refractivity contribution >= 4 is 0 Å². The van der Waals surface area contributed by atoms with Gasteiger partial charge in [0, 0.05) is 0 Å². The van der Waals surface area contributed by atoms with Gasteiger partial charge in [0.25, 0.3) is 0 Å². The SMILES string of the molecule is CCCCCCCC1CCC(CCC2CCC3CC(c4ccc(OCCC)c(F)c4F)CCC3C2)CC1. The molecule has 0 radical (unpaired) electrons. The first-order valence-electron chi connectivity index (χ1n) is 16.2. The number of unbranched alkanes of at least 4 members (excludes halogenated alkanes) is 4. The van der Waals surface area contributed by atoms with Gasteiger partial charge in [-0.25, -0.2) is 4.39 Å². The molecule has 3 heteroatoms. The number of ether oxygens (including phenoxy) is 1. The second-order valence-electron chi connectivity index (χ2n) is 13.0. The fourth-order valence-electron chi connectivity index (χ4n) is 8.03. The number of halogens is 2. The van der Waals surface area contributed by atoms with Gasteiger partial charge in [0.15, 0.2) is 11.6 Å². The van der Waals surface area contributed by atoms with Crippen molar-refractivity contribution in [3.05, 3.63) is 29.3 Å². The van der Waals surface area contributed by atoms with Crippen molar-refractivity contribution in [3.63, 3.8) is 0 Å². The molecular formula is C34H54F2O. The van der Waals surface area contributed by atoms with Crippen LogP contribution in [0.15, 0.2) is 12.1 Å². The van der Waals surface area contributed by atoms with E-state index in [2.05, 4.69) is 6.92 Å². The maximum atomic E-state index is 14.9. The van der Waals surface area contributed by atoms with Gasteiger partial charge in [0.05, 0.1) is 6.61 Å². The Morgan fingerprint density at radius 1 is 0.649 bits per heavy atom. The number of fused-ring (bicyclic) bond motifs is 1. The molecule has 0 aliphatic heterocycles. The van der Waals surface area contributed by atoms with Crippen LogP contribution in [-0.4, -0.2) is 6.61 Å². The first kappa shape index (κ1) is 28.9. The number of hydrogen-bond donors (Lipinski definition) is 0. The largest absolute Gasteiger partial charge is 0.490 e. The maximum absolute atomic E-state index is 14.9. The lowest BCUT2D eigenvalue weighted by molar-refractivity contribution is 0.107. The van der Waals surface area contributed by atoms with Gasteiger partial charge in [-0.1, -0.05) is 103 Å². The molecule has 3 aliphatic rings. The van der Waals surface area contributed by atoms with E-state index < -0.39 is 11.6 Å². The quantitative estimate of drug-likeness (QED) is 0.237. The highest BCUT2D eigenvalue weighted by atomic mass is 19.2. The van der Waals surface area contributed by atoms with Crippen molar-refractivity contribution < 1.29 is 13.5 Å². The second-order valence-corrected chi connectivity index (χ2v) is 13.0. The summed E-state index contributed by atoms with van der Waals surface area (Å²) in [6.07, 6.45) is 25.4. The molecule has 0 saturated heterocycles. The summed E-state index contributed by atoms with van der Waals surface area (Å²) in [6.45, 7) is 4.69. The molecule has 4 unspecified atom stereocenters. The highest BCUT2D eigenvalue weighted by Gasteiger charge is 2.37. The van der Waals surface area contributed by atoms with E-state index in [1.807, 2.05) is 6.92 Å². The Hall–Kier alpha value is -1.12. The summed E-state index contributed by atoms with van der Waals surface area (Å²) < 4.78 is 34.9. The van der Waals surface area contributed by atoms with E-state index in [4.69, 9.17) is 4.74 Å². The van der Waals surface area contributed by atoms with Crippen LogP contribution in [0.2, 0.25) is 0 Å². The normalized spacial score (nSPS) is 30.2. The topological polar surface area (TPSA) is 9.23 Å². The third-order valence-electron chi connectivity index (χ3n) is 10.4. The van der Waals surface area contributed by atoms with Crippen molar-refractivity contribution in [2.45, 2.75) is 142 Å². The van der Waals surface area contributed by atoms with E-state index >= 15 is 0 Å². The highest BCUT2D eigenvalue weighted by Crippen LogP contribution is 2.49. The van der Waals surface area contributed by atoms with Crippen molar-refractivity contribution in [1.29, 1.82) is 0 Å². The summed E-state index contributed by atoms with van der Waals surface area (Å²) in [5.74, 6) is 3.16. The third-order valence-corrected chi connectivity index (χ3v) is 10.4. The summed E-state index contributed by atoms with van der Waals surface area (Å²) in [6, 6.07) is 3.44. The molecule has 1 nitrogen and oxygen atoms in total. The fourth-order valence-corrected chi connectivity index (χ4v) is 8.03. The summed E-state index contributed by atoms with van der Waals surface area (Å²) >= 11 is 0. The van der Waals surface area contributed by atoms with Crippen LogP contribution >= 0.6 is 0 Å². The van der Waals surface area contributed by atoms with Crippen LogP contribution in [0, 0.1) is 41.2 Å². The fraction of sp³-hybridized carbons (Fsp3) is 0.824. The molecule has 0 spiro atoms. The van der Waals surface area contributed by atoms with E-state index in [1.165, 1.54) is 103 Å². The summed E-state index contributed by atoms with van der Waals surface area (Å²) in [7, 11) is 0.